The quantitative estimate of drug-likeness (QED) is 0.380. The summed E-state index contributed by atoms with van der Waals surface area (Å²) in [5.74, 6) is 1.26. The van der Waals surface area contributed by atoms with Gasteiger partial charge in [0.1, 0.15) is 0 Å². The van der Waals surface area contributed by atoms with Crippen molar-refractivity contribution in [2.24, 2.45) is 0 Å². The van der Waals surface area contributed by atoms with E-state index >= 15 is 0 Å². The third-order valence-corrected chi connectivity index (χ3v) is 5.34. The van der Waals surface area contributed by atoms with Crippen LogP contribution in [0.25, 0.3) is 0 Å². The van der Waals surface area contributed by atoms with Crippen LogP contribution in [0.4, 0.5) is 0 Å². The van der Waals surface area contributed by atoms with Gasteiger partial charge in [-0.1, -0.05) is 39.0 Å². The minimum atomic E-state index is 0.205. The Labute approximate surface area is 135 Å². The number of carbonyl (C=O) groups excluding carboxylic acids is 1. The van der Waals surface area contributed by atoms with Crippen molar-refractivity contribution in [2.75, 3.05) is 5.75 Å². The molecule has 0 aliphatic rings. The van der Waals surface area contributed by atoms with Gasteiger partial charge in [-0.2, -0.15) is 0 Å². The molecule has 1 nitrogen and oxygen atoms in total. The fourth-order valence-corrected chi connectivity index (χ4v) is 3.58. The van der Waals surface area contributed by atoms with Crippen LogP contribution >= 0.6 is 23.1 Å². The number of hydrogen-bond donors (Lipinski definition) is 0. The molecule has 0 aliphatic carbocycles. The van der Waals surface area contributed by atoms with Gasteiger partial charge in [-0.05, 0) is 46.7 Å². The van der Waals surface area contributed by atoms with Crippen molar-refractivity contribution in [3.05, 3.63) is 52.2 Å². The molecule has 0 bridgehead atoms. The first kappa shape index (κ1) is 16.3. The predicted molar refractivity (Wildman–Crippen MR) is 93.7 cm³/mol. The number of rotatable bonds is 6. The van der Waals surface area contributed by atoms with E-state index in [1.807, 2.05) is 29.3 Å². The Balaban J connectivity index is 1.75. The molecule has 0 radical (unpaired) electrons. The van der Waals surface area contributed by atoms with Gasteiger partial charge in [0.2, 0.25) is 0 Å². The fraction of sp³-hybridized carbons (Fsp3) is 0.389. The van der Waals surface area contributed by atoms with Crippen molar-refractivity contribution in [3.8, 4) is 0 Å². The molecule has 0 amide bonds. The second-order valence-electron chi connectivity index (χ2n) is 6.13. The highest BCUT2D eigenvalue weighted by Crippen LogP contribution is 2.26. The summed E-state index contributed by atoms with van der Waals surface area (Å²) in [6.45, 7) is 6.68. The minimum absolute atomic E-state index is 0.205. The van der Waals surface area contributed by atoms with Crippen LogP contribution in [0.2, 0.25) is 0 Å². The van der Waals surface area contributed by atoms with Crippen LogP contribution in [-0.4, -0.2) is 11.5 Å². The molecule has 1 heterocycles. The SMILES string of the molecule is CC(C)(C)c1ccc(SCCCC(=O)c2cccs2)cc1. The summed E-state index contributed by atoms with van der Waals surface area (Å²) in [5.41, 5.74) is 1.57. The third kappa shape index (κ3) is 5.01. The van der Waals surface area contributed by atoms with Gasteiger partial charge in [0.05, 0.1) is 4.88 Å². The number of hydrogen-bond acceptors (Lipinski definition) is 3. The molecule has 0 fully saturated rings. The van der Waals surface area contributed by atoms with E-state index in [2.05, 4.69) is 45.0 Å². The topological polar surface area (TPSA) is 17.1 Å². The number of thiophene rings is 1. The van der Waals surface area contributed by atoms with E-state index in [1.54, 1.807) is 0 Å². The predicted octanol–water partition coefficient (Wildman–Crippen LogP) is 5.80. The van der Waals surface area contributed by atoms with Crippen LogP contribution in [0.15, 0.2) is 46.7 Å². The Morgan fingerprint density at radius 3 is 2.43 bits per heavy atom. The highest BCUT2D eigenvalue weighted by Gasteiger charge is 2.12. The maximum Gasteiger partial charge on any atom is 0.172 e. The molecule has 0 saturated carbocycles. The monoisotopic (exact) mass is 318 g/mol. The highest BCUT2D eigenvalue weighted by molar-refractivity contribution is 7.99. The Morgan fingerprint density at radius 2 is 1.86 bits per heavy atom. The van der Waals surface area contributed by atoms with E-state index in [-0.39, 0.29) is 11.2 Å². The molecule has 0 aliphatic heterocycles. The molecule has 0 spiro atoms. The van der Waals surface area contributed by atoms with Crippen LogP contribution < -0.4 is 0 Å². The van der Waals surface area contributed by atoms with Crippen LogP contribution in [0.3, 0.4) is 0 Å². The third-order valence-electron chi connectivity index (χ3n) is 3.33. The number of benzene rings is 1. The first-order chi connectivity index (χ1) is 9.97. The lowest BCUT2D eigenvalue weighted by Crippen LogP contribution is -2.10. The van der Waals surface area contributed by atoms with Crippen molar-refractivity contribution in [2.45, 2.75) is 43.9 Å². The van der Waals surface area contributed by atoms with Crippen LogP contribution in [0, 0.1) is 0 Å². The molecular weight excluding hydrogens is 296 g/mol. The first-order valence-electron chi connectivity index (χ1n) is 7.27. The standard InChI is InChI=1S/C18H22OS2/c1-18(2,3)14-8-10-15(11-9-14)20-12-4-6-16(19)17-7-5-13-21-17/h5,7-11,13H,4,6,12H2,1-3H3. The first-order valence-corrected chi connectivity index (χ1v) is 9.13. The van der Waals surface area contributed by atoms with Crippen molar-refractivity contribution >= 4 is 28.9 Å². The van der Waals surface area contributed by atoms with E-state index in [0.29, 0.717) is 6.42 Å². The van der Waals surface area contributed by atoms with Gasteiger partial charge < -0.3 is 0 Å². The van der Waals surface area contributed by atoms with Crippen molar-refractivity contribution in [3.63, 3.8) is 0 Å². The van der Waals surface area contributed by atoms with Crippen molar-refractivity contribution in [1.82, 2.24) is 0 Å². The van der Waals surface area contributed by atoms with Crippen molar-refractivity contribution in [1.29, 1.82) is 0 Å². The van der Waals surface area contributed by atoms with Crippen LogP contribution in [0.5, 0.6) is 0 Å². The lowest BCUT2D eigenvalue weighted by atomic mass is 9.87. The Morgan fingerprint density at radius 1 is 1.14 bits per heavy atom. The number of ketones is 1. The summed E-state index contributed by atoms with van der Waals surface area (Å²) < 4.78 is 0. The molecule has 21 heavy (non-hydrogen) atoms. The average molecular weight is 319 g/mol. The highest BCUT2D eigenvalue weighted by atomic mass is 32.2. The second kappa shape index (κ2) is 7.28. The number of Topliss-reactive ketones (excluding diaryl/α,β-unsaturated/α-hetero) is 1. The zero-order chi connectivity index (χ0) is 15.3. The molecule has 2 aromatic rings. The lowest BCUT2D eigenvalue weighted by Gasteiger charge is -2.19. The summed E-state index contributed by atoms with van der Waals surface area (Å²) in [5, 5.41) is 1.96. The summed E-state index contributed by atoms with van der Waals surface area (Å²) >= 11 is 3.36. The maximum absolute atomic E-state index is 11.9. The van der Waals surface area contributed by atoms with E-state index < -0.39 is 0 Å². The normalized spacial score (nSPS) is 11.6. The molecule has 0 atom stereocenters. The largest absolute Gasteiger partial charge is 0.293 e. The zero-order valence-electron chi connectivity index (χ0n) is 12.9. The number of carbonyl (C=O) groups is 1. The average Bonchev–Trinajstić information content (AvgIpc) is 2.97. The molecule has 0 unspecified atom stereocenters. The molecule has 3 heteroatoms. The summed E-state index contributed by atoms with van der Waals surface area (Å²) in [6.07, 6.45) is 1.58. The van der Waals surface area contributed by atoms with Gasteiger partial charge in [0, 0.05) is 11.3 Å². The van der Waals surface area contributed by atoms with Gasteiger partial charge in [0.15, 0.2) is 5.78 Å². The summed E-state index contributed by atoms with van der Waals surface area (Å²) in [7, 11) is 0. The Hall–Kier alpha value is -1.06. The van der Waals surface area contributed by atoms with E-state index in [1.165, 1.54) is 21.8 Å². The molecule has 2 rings (SSSR count). The van der Waals surface area contributed by atoms with Crippen LogP contribution in [-0.2, 0) is 5.41 Å². The van der Waals surface area contributed by atoms with Gasteiger partial charge in [-0.25, -0.2) is 0 Å². The summed E-state index contributed by atoms with van der Waals surface area (Å²) in [6, 6.07) is 12.6. The van der Waals surface area contributed by atoms with Gasteiger partial charge in [0.25, 0.3) is 0 Å². The van der Waals surface area contributed by atoms with Crippen molar-refractivity contribution < 1.29 is 4.79 Å². The minimum Gasteiger partial charge on any atom is -0.293 e. The van der Waals surface area contributed by atoms with Gasteiger partial charge >= 0.3 is 0 Å². The zero-order valence-corrected chi connectivity index (χ0v) is 14.5. The van der Waals surface area contributed by atoms with Gasteiger partial charge in [-0.3, -0.25) is 4.79 Å². The van der Waals surface area contributed by atoms with E-state index in [0.717, 1.165) is 17.1 Å². The van der Waals surface area contributed by atoms with E-state index in [4.69, 9.17) is 0 Å². The Kier molecular flexibility index (Phi) is 5.65. The fourth-order valence-electron chi connectivity index (χ4n) is 2.03. The molecular formula is C18H22OS2. The number of thioether (sulfide) groups is 1. The Bertz CT molecular complexity index is 562. The van der Waals surface area contributed by atoms with Gasteiger partial charge in [-0.15, -0.1) is 23.1 Å². The summed E-state index contributed by atoms with van der Waals surface area (Å²) in [4.78, 5) is 14.0. The smallest absolute Gasteiger partial charge is 0.172 e. The molecule has 0 saturated heterocycles. The molecule has 1 aromatic heterocycles. The molecule has 0 N–H and O–H groups in total. The molecule has 112 valence electrons. The van der Waals surface area contributed by atoms with E-state index in [9.17, 15) is 4.79 Å². The molecule has 1 aromatic carbocycles. The second-order valence-corrected chi connectivity index (χ2v) is 8.24. The van der Waals surface area contributed by atoms with Crippen LogP contribution in [0.1, 0.15) is 48.8 Å². The maximum atomic E-state index is 11.9. The lowest BCUT2D eigenvalue weighted by molar-refractivity contribution is 0.0986.